The van der Waals surface area contributed by atoms with E-state index in [0.29, 0.717) is 18.0 Å². The first kappa shape index (κ1) is 13.6. The van der Waals surface area contributed by atoms with E-state index in [1.807, 2.05) is 43.3 Å². The molecule has 0 spiro atoms. The molecule has 0 saturated carbocycles. The Morgan fingerprint density at radius 1 is 1.16 bits per heavy atom. The topological polar surface area (TPSA) is 43.4 Å². The second-order valence-corrected chi connectivity index (χ2v) is 6.19. The van der Waals surface area contributed by atoms with Gasteiger partial charge in [0.1, 0.15) is 8.56 Å². The normalized spacial score (nSPS) is 15.4. The van der Waals surface area contributed by atoms with Crippen LogP contribution in [0.5, 0.6) is 11.5 Å². The first-order chi connectivity index (χ1) is 12.9. The number of rotatable bonds is 4. The van der Waals surface area contributed by atoms with Gasteiger partial charge >= 0.3 is 0 Å². The highest BCUT2D eigenvalue weighted by Gasteiger charge is 2.16. The number of benzene rings is 2. The van der Waals surface area contributed by atoms with Crippen molar-refractivity contribution in [1.29, 1.82) is 0 Å². The highest BCUT2D eigenvalue weighted by Crippen LogP contribution is 2.38. The molecule has 4 nitrogen and oxygen atoms in total. The first-order valence-corrected chi connectivity index (χ1v) is 8.25. The van der Waals surface area contributed by atoms with Gasteiger partial charge in [-0.2, -0.15) is 0 Å². The van der Waals surface area contributed by atoms with E-state index < -0.39 is 6.75 Å². The van der Waals surface area contributed by atoms with Crippen molar-refractivity contribution in [2.75, 3.05) is 12.1 Å². The summed E-state index contributed by atoms with van der Waals surface area (Å²) in [6.07, 6.45) is 1.77. The van der Waals surface area contributed by atoms with Crippen LogP contribution in [-0.2, 0) is 6.54 Å². The molecule has 2 aromatic carbocycles. The van der Waals surface area contributed by atoms with Crippen molar-refractivity contribution < 1.29 is 12.2 Å². The number of aryl methyl sites for hydroxylation is 1. The molecule has 0 atom stereocenters. The summed E-state index contributed by atoms with van der Waals surface area (Å²) in [6.45, 7) is 0.402. The van der Waals surface area contributed by atoms with E-state index in [1.165, 1.54) is 0 Å². The standard InChI is InChI=1S/C20H17ClN2O2/c1-13-8-18-19(25-12-24-18)9-16(13)14-6-7-20(22-10-14)23-11-15-4-2-3-5-17(15)21/h2-10H,11-12H2,1H3,(H,22,23)/i12D2. The molecule has 126 valence electrons. The Labute approximate surface area is 154 Å². The van der Waals surface area contributed by atoms with Crippen molar-refractivity contribution in [3.05, 3.63) is 70.9 Å². The molecule has 1 N–H and O–H groups in total. The number of nitrogens with one attached hydrogen (secondary N) is 1. The number of halogens is 1. The third-order valence-electron chi connectivity index (χ3n) is 4.09. The lowest BCUT2D eigenvalue weighted by Gasteiger charge is -2.10. The molecule has 0 fully saturated rings. The second kappa shape index (κ2) is 6.65. The fourth-order valence-corrected chi connectivity index (χ4v) is 2.93. The summed E-state index contributed by atoms with van der Waals surface area (Å²) in [5.74, 6) is 1.54. The summed E-state index contributed by atoms with van der Waals surface area (Å²) in [4.78, 5) is 4.46. The number of nitrogens with zero attached hydrogens (tertiary/aromatic N) is 1. The molecule has 0 aliphatic carbocycles. The molecule has 1 aromatic heterocycles. The third-order valence-corrected chi connectivity index (χ3v) is 4.45. The van der Waals surface area contributed by atoms with Crippen molar-refractivity contribution in [2.45, 2.75) is 13.5 Å². The quantitative estimate of drug-likeness (QED) is 0.711. The summed E-state index contributed by atoms with van der Waals surface area (Å²) in [7, 11) is 0. The SMILES string of the molecule is [2H]C1([2H])Oc2cc(C)c(-c3ccc(NCc4ccccc4Cl)nc3)cc2O1. The van der Waals surface area contributed by atoms with Gasteiger partial charge in [0.15, 0.2) is 11.5 Å². The highest BCUT2D eigenvalue weighted by atomic mass is 35.5. The van der Waals surface area contributed by atoms with Crippen molar-refractivity contribution >= 4 is 17.4 Å². The minimum absolute atomic E-state index is 0.390. The van der Waals surface area contributed by atoms with Gasteiger partial charge in [0, 0.05) is 23.3 Å². The minimum atomic E-state index is -2.13. The van der Waals surface area contributed by atoms with Crippen LogP contribution in [0, 0.1) is 6.92 Å². The van der Waals surface area contributed by atoms with Gasteiger partial charge in [0.25, 0.3) is 0 Å². The maximum absolute atomic E-state index is 7.57. The van der Waals surface area contributed by atoms with Crippen molar-refractivity contribution in [3.8, 4) is 22.6 Å². The molecule has 4 rings (SSSR count). The molecule has 1 aliphatic rings. The molecular weight excluding hydrogens is 336 g/mol. The minimum Gasteiger partial charge on any atom is -0.454 e. The van der Waals surface area contributed by atoms with E-state index in [9.17, 15) is 0 Å². The summed E-state index contributed by atoms with van der Waals surface area (Å²) >= 11 is 6.17. The Hall–Kier alpha value is -2.72. The van der Waals surface area contributed by atoms with Crippen LogP contribution in [0.4, 0.5) is 5.82 Å². The van der Waals surface area contributed by atoms with Crippen LogP contribution in [0.1, 0.15) is 13.9 Å². The fourth-order valence-electron chi connectivity index (χ4n) is 2.73. The predicted octanol–water partition coefficient (Wildman–Crippen LogP) is 5.05. The molecule has 0 unspecified atom stereocenters. The second-order valence-electron chi connectivity index (χ2n) is 5.78. The number of hydrogen-bond acceptors (Lipinski definition) is 4. The Bertz CT molecular complexity index is 994. The summed E-state index contributed by atoms with van der Waals surface area (Å²) in [5.41, 5.74) is 3.79. The summed E-state index contributed by atoms with van der Waals surface area (Å²) < 4.78 is 25.5. The van der Waals surface area contributed by atoms with Crippen molar-refractivity contribution in [2.24, 2.45) is 0 Å². The number of fused-ring (bicyclic) bond motifs is 1. The van der Waals surface area contributed by atoms with E-state index in [0.717, 1.165) is 33.1 Å². The van der Waals surface area contributed by atoms with Gasteiger partial charge in [0.05, 0.1) is 0 Å². The maximum Gasteiger partial charge on any atom is 0.231 e. The van der Waals surface area contributed by atoms with E-state index >= 15 is 0 Å². The van der Waals surface area contributed by atoms with E-state index in [1.54, 1.807) is 18.3 Å². The van der Waals surface area contributed by atoms with Gasteiger partial charge in [-0.3, -0.25) is 0 Å². The lowest BCUT2D eigenvalue weighted by atomic mass is 10.0. The van der Waals surface area contributed by atoms with Crippen LogP contribution in [-0.4, -0.2) is 11.7 Å². The molecule has 0 bridgehead atoms. The van der Waals surface area contributed by atoms with E-state index in [4.69, 9.17) is 23.8 Å². The number of aromatic nitrogens is 1. The average molecular weight is 355 g/mol. The lowest BCUT2D eigenvalue weighted by Crippen LogP contribution is -2.01. The molecule has 1 aliphatic heterocycles. The van der Waals surface area contributed by atoms with Gasteiger partial charge in [-0.05, 0) is 53.9 Å². The zero-order valence-corrected chi connectivity index (χ0v) is 14.3. The molecular formula is C20H17ClN2O2. The number of anilines is 1. The third kappa shape index (κ3) is 3.26. The van der Waals surface area contributed by atoms with Gasteiger partial charge in [0.2, 0.25) is 6.75 Å². The summed E-state index contributed by atoms with van der Waals surface area (Å²) in [6, 6.07) is 15.1. The summed E-state index contributed by atoms with van der Waals surface area (Å²) in [5, 5.41) is 3.98. The lowest BCUT2D eigenvalue weighted by molar-refractivity contribution is 0.174. The Morgan fingerprint density at radius 3 is 2.72 bits per heavy atom. The smallest absolute Gasteiger partial charge is 0.231 e. The Morgan fingerprint density at radius 2 is 1.96 bits per heavy atom. The maximum atomic E-state index is 7.57. The predicted molar refractivity (Wildman–Crippen MR) is 99.3 cm³/mol. The number of pyridine rings is 1. The Balaban J connectivity index is 1.52. The van der Waals surface area contributed by atoms with Crippen LogP contribution in [0.15, 0.2) is 54.7 Å². The van der Waals surface area contributed by atoms with Crippen LogP contribution in [0.2, 0.25) is 5.02 Å². The highest BCUT2D eigenvalue weighted by molar-refractivity contribution is 6.31. The van der Waals surface area contributed by atoms with Crippen LogP contribution in [0.3, 0.4) is 0 Å². The van der Waals surface area contributed by atoms with Gasteiger partial charge in [-0.1, -0.05) is 29.8 Å². The van der Waals surface area contributed by atoms with Crippen molar-refractivity contribution in [1.82, 2.24) is 4.98 Å². The van der Waals surface area contributed by atoms with Crippen LogP contribution < -0.4 is 14.8 Å². The van der Waals surface area contributed by atoms with Crippen molar-refractivity contribution in [3.63, 3.8) is 0 Å². The molecule has 0 saturated heterocycles. The molecule has 2 heterocycles. The zero-order chi connectivity index (χ0) is 19.0. The van der Waals surface area contributed by atoms with E-state index in [-0.39, 0.29) is 0 Å². The van der Waals surface area contributed by atoms with Gasteiger partial charge in [-0.15, -0.1) is 0 Å². The van der Waals surface area contributed by atoms with Crippen LogP contribution in [0.25, 0.3) is 11.1 Å². The molecule has 3 aromatic rings. The fraction of sp³-hybridized carbons (Fsp3) is 0.150. The molecule has 25 heavy (non-hydrogen) atoms. The largest absolute Gasteiger partial charge is 0.454 e. The van der Waals surface area contributed by atoms with Crippen LogP contribution >= 0.6 is 11.6 Å². The Kier molecular flexibility index (Phi) is 3.61. The first-order valence-electron chi connectivity index (χ1n) is 8.88. The molecule has 5 heteroatoms. The number of ether oxygens (including phenoxy) is 2. The monoisotopic (exact) mass is 354 g/mol. The molecule has 0 amide bonds. The number of hydrogen-bond donors (Lipinski definition) is 1. The molecule has 0 radical (unpaired) electrons. The van der Waals surface area contributed by atoms with E-state index in [2.05, 4.69) is 10.3 Å². The van der Waals surface area contributed by atoms with Gasteiger partial charge in [-0.25, -0.2) is 4.98 Å². The van der Waals surface area contributed by atoms with Gasteiger partial charge < -0.3 is 14.8 Å². The zero-order valence-electron chi connectivity index (χ0n) is 15.5. The average Bonchev–Trinajstić information content (AvgIpc) is 2.93.